The van der Waals surface area contributed by atoms with Gasteiger partial charge in [-0.3, -0.25) is 14.3 Å². The SMILES string of the molecule is CC(c1nc2ccccc2c(=O)n1C)N1CCN(S(=O)(=O)c2ccc(Br)s2)CC1. The molecule has 1 atom stereocenters. The van der Waals surface area contributed by atoms with Crippen molar-refractivity contribution >= 4 is 48.2 Å². The number of halogens is 1. The van der Waals surface area contributed by atoms with Gasteiger partial charge in [-0.15, -0.1) is 11.3 Å². The zero-order valence-corrected chi connectivity index (χ0v) is 19.3. The molecule has 4 rings (SSSR count). The fraction of sp³-hybridized carbons (Fsp3) is 0.368. The molecule has 0 N–H and O–H groups in total. The van der Waals surface area contributed by atoms with Crippen LogP contribution in [0.1, 0.15) is 18.8 Å². The Morgan fingerprint density at radius 3 is 2.45 bits per heavy atom. The van der Waals surface area contributed by atoms with Crippen LogP contribution in [0.4, 0.5) is 0 Å². The van der Waals surface area contributed by atoms with Gasteiger partial charge < -0.3 is 0 Å². The van der Waals surface area contributed by atoms with Crippen LogP contribution in [-0.2, 0) is 17.1 Å². The number of benzene rings is 1. The number of piperazine rings is 1. The molecule has 3 heterocycles. The molecule has 0 amide bonds. The summed E-state index contributed by atoms with van der Waals surface area (Å²) in [6.45, 7) is 3.98. The first-order valence-electron chi connectivity index (χ1n) is 9.24. The second kappa shape index (κ2) is 7.92. The maximum atomic E-state index is 12.8. The summed E-state index contributed by atoms with van der Waals surface area (Å²) in [7, 11) is -1.74. The molecule has 0 spiro atoms. The van der Waals surface area contributed by atoms with Gasteiger partial charge in [0.25, 0.3) is 15.6 Å². The van der Waals surface area contributed by atoms with Crippen LogP contribution in [0.15, 0.2) is 49.2 Å². The van der Waals surface area contributed by atoms with Crippen molar-refractivity contribution in [2.24, 2.45) is 7.05 Å². The van der Waals surface area contributed by atoms with E-state index >= 15 is 0 Å². The van der Waals surface area contributed by atoms with Crippen molar-refractivity contribution in [3.63, 3.8) is 0 Å². The summed E-state index contributed by atoms with van der Waals surface area (Å²) in [5.41, 5.74) is 0.615. The highest BCUT2D eigenvalue weighted by Gasteiger charge is 2.32. The van der Waals surface area contributed by atoms with Crippen molar-refractivity contribution in [2.45, 2.75) is 17.2 Å². The van der Waals surface area contributed by atoms with Gasteiger partial charge in [0.1, 0.15) is 10.0 Å². The van der Waals surface area contributed by atoms with E-state index in [0.717, 1.165) is 3.79 Å². The second-order valence-electron chi connectivity index (χ2n) is 7.03. The van der Waals surface area contributed by atoms with Crippen molar-refractivity contribution in [3.05, 3.63) is 56.4 Å². The molecule has 29 heavy (non-hydrogen) atoms. The molecule has 10 heteroatoms. The van der Waals surface area contributed by atoms with Crippen LogP contribution in [-0.4, -0.2) is 53.4 Å². The van der Waals surface area contributed by atoms with Crippen molar-refractivity contribution < 1.29 is 8.42 Å². The Morgan fingerprint density at radius 1 is 1.10 bits per heavy atom. The number of para-hydroxylation sites is 1. The lowest BCUT2D eigenvalue weighted by Gasteiger charge is -2.37. The molecule has 1 fully saturated rings. The van der Waals surface area contributed by atoms with E-state index in [4.69, 9.17) is 4.98 Å². The molecular weight excluding hydrogens is 476 g/mol. The minimum atomic E-state index is -3.47. The summed E-state index contributed by atoms with van der Waals surface area (Å²) in [6.07, 6.45) is 0. The van der Waals surface area contributed by atoms with E-state index in [9.17, 15) is 13.2 Å². The third kappa shape index (κ3) is 3.79. The fourth-order valence-electron chi connectivity index (χ4n) is 3.67. The van der Waals surface area contributed by atoms with Gasteiger partial charge in [-0.25, -0.2) is 13.4 Å². The zero-order chi connectivity index (χ0) is 20.8. The number of rotatable bonds is 4. The summed E-state index contributed by atoms with van der Waals surface area (Å²) < 4.78 is 29.9. The molecule has 7 nitrogen and oxygen atoms in total. The normalized spacial score (nSPS) is 17.6. The molecule has 0 radical (unpaired) electrons. The Hall–Kier alpha value is -1.59. The highest BCUT2D eigenvalue weighted by molar-refractivity contribution is 9.11. The Morgan fingerprint density at radius 2 is 1.79 bits per heavy atom. The number of aromatic nitrogens is 2. The Bertz CT molecular complexity index is 1210. The first kappa shape index (κ1) is 20.7. The van der Waals surface area contributed by atoms with Gasteiger partial charge in [0.05, 0.1) is 20.7 Å². The van der Waals surface area contributed by atoms with Gasteiger partial charge in [0, 0.05) is 33.2 Å². The van der Waals surface area contributed by atoms with Gasteiger partial charge in [0.15, 0.2) is 0 Å². The maximum Gasteiger partial charge on any atom is 0.261 e. The van der Waals surface area contributed by atoms with Crippen molar-refractivity contribution in [3.8, 4) is 0 Å². The van der Waals surface area contributed by atoms with Crippen LogP contribution in [0, 0.1) is 0 Å². The summed E-state index contributed by atoms with van der Waals surface area (Å²) in [5.74, 6) is 0.687. The number of sulfonamides is 1. The topological polar surface area (TPSA) is 75.5 Å². The second-order valence-corrected chi connectivity index (χ2v) is 11.7. The molecular formula is C19H21BrN4O3S2. The molecule has 0 bridgehead atoms. The largest absolute Gasteiger partial charge is 0.298 e. The molecule has 0 aliphatic carbocycles. The third-order valence-electron chi connectivity index (χ3n) is 5.36. The first-order chi connectivity index (χ1) is 13.8. The van der Waals surface area contributed by atoms with Gasteiger partial charge in [-0.2, -0.15) is 4.31 Å². The Balaban J connectivity index is 1.54. The van der Waals surface area contributed by atoms with Gasteiger partial charge in [0.2, 0.25) is 0 Å². The molecule has 1 unspecified atom stereocenters. The summed E-state index contributed by atoms with van der Waals surface area (Å²) in [6, 6.07) is 10.6. The van der Waals surface area contributed by atoms with E-state index in [-0.39, 0.29) is 11.6 Å². The van der Waals surface area contributed by atoms with Crippen LogP contribution in [0.3, 0.4) is 0 Å². The van der Waals surface area contributed by atoms with Crippen LogP contribution < -0.4 is 5.56 Å². The predicted octanol–water partition coefficient (Wildman–Crippen LogP) is 2.83. The number of nitrogens with zero attached hydrogens (tertiary/aromatic N) is 4. The molecule has 3 aromatic rings. The van der Waals surface area contributed by atoms with E-state index in [2.05, 4.69) is 20.8 Å². The average Bonchev–Trinajstić information content (AvgIpc) is 3.17. The summed E-state index contributed by atoms with van der Waals surface area (Å²) in [5, 5.41) is 0.601. The third-order valence-corrected chi connectivity index (χ3v) is 9.34. The van der Waals surface area contributed by atoms with Gasteiger partial charge in [-0.1, -0.05) is 12.1 Å². The van der Waals surface area contributed by atoms with E-state index in [1.807, 2.05) is 25.1 Å². The van der Waals surface area contributed by atoms with E-state index in [1.165, 1.54) is 15.6 Å². The first-order valence-corrected chi connectivity index (χ1v) is 12.3. The number of fused-ring (bicyclic) bond motifs is 1. The van der Waals surface area contributed by atoms with Crippen molar-refractivity contribution in [1.29, 1.82) is 0 Å². The average molecular weight is 497 g/mol. The monoisotopic (exact) mass is 496 g/mol. The lowest BCUT2D eigenvalue weighted by molar-refractivity contribution is 0.139. The Labute approximate surface area is 181 Å². The van der Waals surface area contributed by atoms with E-state index in [1.54, 1.807) is 29.8 Å². The van der Waals surface area contributed by atoms with Crippen LogP contribution in [0.25, 0.3) is 10.9 Å². The van der Waals surface area contributed by atoms with Gasteiger partial charge in [-0.05, 0) is 47.1 Å². The standard InChI is InChI=1S/C19H21BrN4O3S2/c1-13(18-21-15-6-4-3-5-14(15)19(25)22(18)2)23-9-11-24(12-10-23)29(26,27)17-8-7-16(20)28-17/h3-8,13H,9-12H2,1-2H3. The maximum absolute atomic E-state index is 12.8. The van der Waals surface area contributed by atoms with Crippen LogP contribution in [0.2, 0.25) is 0 Å². The number of thiophene rings is 1. The summed E-state index contributed by atoms with van der Waals surface area (Å²) in [4.78, 5) is 19.6. The smallest absolute Gasteiger partial charge is 0.261 e. The quantitative estimate of drug-likeness (QED) is 0.554. The Kier molecular flexibility index (Phi) is 5.64. The van der Waals surface area contributed by atoms with Crippen molar-refractivity contribution in [1.82, 2.24) is 18.8 Å². The number of hydrogen-bond acceptors (Lipinski definition) is 6. The highest BCUT2D eigenvalue weighted by Crippen LogP contribution is 2.30. The lowest BCUT2D eigenvalue weighted by Crippen LogP contribution is -2.49. The fourth-order valence-corrected chi connectivity index (χ4v) is 7.25. The molecule has 1 aliphatic rings. The van der Waals surface area contributed by atoms with Crippen LogP contribution in [0.5, 0.6) is 0 Å². The minimum Gasteiger partial charge on any atom is -0.298 e. The molecule has 1 aliphatic heterocycles. The molecule has 1 aromatic carbocycles. The van der Waals surface area contributed by atoms with E-state index in [0.29, 0.717) is 47.1 Å². The van der Waals surface area contributed by atoms with Gasteiger partial charge >= 0.3 is 0 Å². The predicted molar refractivity (Wildman–Crippen MR) is 118 cm³/mol. The lowest BCUT2D eigenvalue weighted by atomic mass is 10.2. The van der Waals surface area contributed by atoms with Crippen molar-refractivity contribution in [2.75, 3.05) is 26.2 Å². The molecule has 0 saturated carbocycles. The molecule has 154 valence electrons. The molecule has 1 saturated heterocycles. The molecule has 2 aromatic heterocycles. The minimum absolute atomic E-state index is 0.0677. The highest BCUT2D eigenvalue weighted by atomic mass is 79.9. The number of hydrogen-bond donors (Lipinski definition) is 0. The summed E-state index contributed by atoms with van der Waals surface area (Å²) >= 11 is 4.55. The zero-order valence-electron chi connectivity index (χ0n) is 16.1. The van der Waals surface area contributed by atoms with E-state index < -0.39 is 10.0 Å². The van der Waals surface area contributed by atoms with Crippen LogP contribution >= 0.6 is 27.3 Å².